The Morgan fingerprint density at radius 3 is 3.00 bits per heavy atom. The summed E-state index contributed by atoms with van der Waals surface area (Å²) in [6, 6.07) is 11.6. The molecule has 19 heavy (non-hydrogen) atoms. The second kappa shape index (κ2) is 5.19. The fraction of sp³-hybridized carbons (Fsp3) is 0.154. The lowest BCUT2D eigenvalue weighted by molar-refractivity contribution is -0.121. The lowest BCUT2D eigenvalue weighted by Crippen LogP contribution is -2.27. The molecule has 0 fully saturated rings. The smallest absolute Gasteiger partial charge is 0.242 e. The molecule has 0 saturated heterocycles. The summed E-state index contributed by atoms with van der Waals surface area (Å²) in [5.41, 5.74) is 1.67. The van der Waals surface area contributed by atoms with Crippen molar-refractivity contribution in [1.29, 1.82) is 0 Å². The molecule has 0 bridgehead atoms. The Kier molecular flexibility index (Phi) is 3.24. The first-order valence-corrected chi connectivity index (χ1v) is 6.78. The molecule has 1 amide bonds. The molecule has 0 atom stereocenters. The average Bonchev–Trinajstić information content (AvgIpc) is 3.07. The van der Waals surface area contributed by atoms with Crippen LogP contribution in [0.1, 0.15) is 4.88 Å². The van der Waals surface area contributed by atoms with Crippen LogP contribution in [0.3, 0.4) is 0 Å². The van der Waals surface area contributed by atoms with Crippen molar-refractivity contribution < 1.29 is 4.79 Å². The van der Waals surface area contributed by atoms with Crippen molar-refractivity contribution in [2.45, 2.75) is 13.1 Å². The van der Waals surface area contributed by atoms with Gasteiger partial charge in [-0.3, -0.25) is 4.79 Å². The Morgan fingerprint density at radius 1 is 1.26 bits per heavy atom. The van der Waals surface area contributed by atoms with Crippen LogP contribution in [-0.2, 0) is 17.9 Å². The second-order valence-corrected chi connectivity index (χ2v) is 5.12. The van der Waals surface area contributed by atoms with Gasteiger partial charge in [-0.2, -0.15) is 0 Å². The van der Waals surface area contributed by atoms with Crippen LogP contribution in [0, 0.1) is 0 Å². The number of carbonyl (C=O) groups is 1. The normalized spacial score (nSPS) is 10.7. The van der Waals surface area contributed by atoms with Crippen molar-refractivity contribution in [3.8, 4) is 0 Å². The summed E-state index contributed by atoms with van der Waals surface area (Å²) in [7, 11) is 0. The molecule has 0 unspecified atom stereocenters. The summed E-state index contributed by atoms with van der Waals surface area (Å²) in [6.45, 7) is 0.745. The van der Waals surface area contributed by atoms with E-state index in [1.165, 1.54) is 0 Å². The largest absolute Gasteiger partial charge is 0.350 e. The van der Waals surface area contributed by atoms with Crippen LogP contribution in [0.4, 0.5) is 0 Å². The van der Waals surface area contributed by atoms with Gasteiger partial charge in [0.15, 0.2) is 0 Å². The maximum atomic E-state index is 11.9. The zero-order valence-electron chi connectivity index (χ0n) is 10.1. The van der Waals surface area contributed by atoms with Gasteiger partial charge in [0, 0.05) is 4.88 Å². The zero-order chi connectivity index (χ0) is 13.1. The molecule has 0 aliphatic carbocycles. The molecule has 0 aliphatic heterocycles. The molecule has 96 valence electrons. The van der Waals surface area contributed by atoms with Crippen molar-refractivity contribution in [3.63, 3.8) is 0 Å². The van der Waals surface area contributed by atoms with E-state index < -0.39 is 0 Å². The summed E-state index contributed by atoms with van der Waals surface area (Å²) < 4.78 is 1.61. The third-order valence-electron chi connectivity index (χ3n) is 2.75. The van der Waals surface area contributed by atoms with Crippen LogP contribution in [-0.4, -0.2) is 20.9 Å². The SMILES string of the molecule is O=C(Cn1nnc2ccccc21)NCc1cccs1. The van der Waals surface area contributed by atoms with Crippen molar-refractivity contribution in [2.75, 3.05) is 0 Å². The minimum atomic E-state index is -0.0657. The van der Waals surface area contributed by atoms with E-state index >= 15 is 0 Å². The van der Waals surface area contributed by atoms with Gasteiger partial charge < -0.3 is 5.32 Å². The molecule has 6 heteroatoms. The van der Waals surface area contributed by atoms with E-state index in [1.54, 1.807) is 16.0 Å². The van der Waals surface area contributed by atoms with Crippen molar-refractivity contribution in [1.82, 2.24) is 20.3 Å². The van der Waals surface area contributed by atoms with Gasteiger partial charge in [-0.15, -0.1) is 16.4 Å². The zero-order valence-corrected chi connectivity index (χ0v) is 10.9. The Hall–Kier alpha value is -2.21. The first-order chi connectivity index (χ1) is 9.33. The van der Waals surface area contributed by atoms with E-state index in [1.807, 2.05) is 41.8 Å². The highest BCUT2D eigenvalue weighted by molar-refractivity contribution is 7.09. The quantitative estimate of drug-likeness (QED) is 0.788. The Labute approximate surface area is 113 Å². The Balaban J connectivity index is 1.66. The monoisotopic (exact) mass is 272 g/mol. The number of thiophene rings is 1. The minimum absolute atomic E-state index is 0.0657. The molecule has 3 rings (SSSR count). The van der Waals surface area contributed by atoms with Gasteiger partial charge in [0.05, 0.1) is 12.1 Å². The van der Waals surface area contributed by atoms with Crippen LogP contribution < -0.4 is 5.32 Å². The van der Waals surface area contributed by atoms with Crippen LogP contribution in [0.5, 0.6) is 0 Å². The lowest BCUT2D eigenvalue weighted by atomic mass is 10.3. The number of hydrogen-bond donors (Lipinski definition) is 1. The minimum Gasteiger partial charge on any atom is -0.350 e. The molecule has 0 spiro atoms. The molecule has 3 aromatic rings. The van der Waals surface area contributed by atoms with E-state index in [4.69, 9.17) is 0 Å². The van der Waals surface area contributed by atoms with Crippen LogP contribution in [0.15, 0.2) is 41.8 Å². The highest BCUT2D eigenvalue weighted by atomic mass is 32.1. The van der Waals surface area contributed by atoms with Gasteiger partial charge in [0.2, 0.25) is 5.91 Å². The van der Waals surface area contributed by atoms with Crippen molar-refractivity contribution in [2.24, 2.45) is 0 Å². The molecular formula is C13H12N4OS. The van der Waals surface area contributed by atoms with E-state index in [0.29, 0.717) is 6.54 Å². The highest BCUT2D eigenvalue weighted by Gasteiger charge is 2.08. The topological polar surface area (TPSA) is 59.8 Å². The Morgan fingerprint density at radius 2 is 2.16 bits per heavy atom. The molecule has 1 aromatic carbocycles. The third kappa shape index (κ3) is 2.63. The van der Waals surface area contributed by atoms with E-state index in [9.17, 15) is 4.79 Å². The van der Waals surface area contributed by atoms with E-state index in [2.05, 4.69) is 15.6 Å². The van der Waals surface area contributed by atoms with Gasteiger partial charge in [0.1, 0.15) is 12.1 Å². The van der Waals surface area contributed by atoms with Crippen molar-refractivity contribution in [3.05, 3.63) is 46.7 Å². The summed E-state index contributed by atoms with van der Waals surface area (Å²) >= 11 is 1.63. The van der Waals surface area contributed by atoms with E-state index in [0.717, 1.165) is 15.9 Å². The predicted octanol–water partition coefficient (Wildman–Crippen LogP) is 1.81. The first kappa shape index (κ1) is 11.9. The van der Waals surface area contributed by atoms with Crippen LogP contribution in [0.2, 0.25) is 0 Å². The number of para-hydroxylation sites is 1. The number of carbonyl (C=O) groups excluding carboxylic acids is 1. The third-order valence-corrected chi connectivity index (χ3v) is 3.63. The average molecular weight is 272 g/mol. The van der Waals surface area contributed by atoms with Crippen LogP contribution in [0.25, 0.3) is 11.0 Å². The maximum Gasteiger partial charge on any atom is 0.242 e. The van der Waals surface area contributed by atoms with Gasteiger partial charge >= 0.3 is 0 Å². The molecule has 0 saturated carbocycles. The fourth-order valence-corrected chi connectivity index (χ4v) is 2.47. The van der Waals surface area contributed by atoms with Gasteiger partial charge in [-0.05, 0) is 23.6 Å². The van der Waals surface area contributed by atoms with E-state index in [-0.39, 0.29) is 12.5 Å². The summed E-state index contributed by atoms with van der Waals surface area (Å²) in [5, 5.41) is 12.9. The highest BCUT2D eigenvalue weighted by Crippen LogP contribution is 2.10. The number of nitrogens with one attached hydrogen (secondary N) is 1. The molecule has 2 aromatic heterocycles. The first-order valence-electron chi connectivity index (χ1n) is 5.90. The fourth-order valence-electron chi connectivity index (χ4n) is 1.82. The molecule has 5 nitrogen and oxygen atoms in total. The van der Waals surface area contributed by atoms with Gasteiger partial charge in [-0.1, -0.05) is 23.4 Å². The maximum absolute atomic E-state index is 11.9. The van der Waals surface area contributed by atoms with Gasteiger partial charge in [-0.25, -0.2) is 4.68 Å². The molecule has 1 N–H and O–H groups in total. The summed E-state index contributed by atoms with van der Waals surface area (Å²) in [5.74, 6) is -0.0657. The Bertz CT molecular complexity index is 690. The summed E-state index contributed by atoms with van der Waals surface area (Å²) in [4.78, 5) is 13.0. The number of aromatic nitrogens is 3. The van der Waals surface area contributed by atoms with Crippen molar-refractivity contribution >= 4 is 28.3 Å². The number of benzene rings is 1. The predicted molar refractivity (Wildman–Crippen MR) is 73.7 cm³/mol. The van der Waals surface area contributed by atoms with Gasteiger partial charge in [0.25, 0.3) is 0 Å². The van der Waals surface area contributed by atoms with Crippen LogP contribution >= 0.6 is 11.3 Å². The number of rotatable bonds is 4. The number of nitrogens with zero attached hydrogens (tertiary/aromatic N) is 3. The molecule has 0 radical (unpaired) electrons. The molecule has 0 aliphatic rings. The standard InChI is InChI=1S/C13H12N4OS/c18-13(14-8-10-4-3-7-19-10)9-17-12-6-2-1-5-11(12)15-16-17/h1-7H,8-9H2,(H,14,18). The lowest BCUT2D eigenvalue weighted by Gasteiger charge is -2.04. The number of fused-ring (bicyclic) bond motifs is 1. The summed E-state index contributed by atoms with van der Waals surface area (Å²) in [6.07, 6.45) is 0. The second-order valence-electron chi connectivity index (χ2n) is 4.09. The molecule has 2 heterocycles. The molecular weight excluding hydrogens is 260 g/mol. The number of amides is 1. The number of hydrogen-bond acceptors (Lipinski definition) is 4.